The Hall–Kier alpha value is -1.58. The Bertz CT molecular complexity index is 421. The molecule has 0 spiro atoms. The normalized spacial score (nSPS) is 23.6. The first-order valence-corrected chi connectivity index (χ1v) is 5.78. The van der Waals surface area contributed by atoms with Crippen molar-refractivity contribution in [2.75, 3.05) is 0 Å². The molecule has 1 radical (unpaired) electrons. The lowest BCUT2D eigenvalue weighted by Gasteiger charge is -2.33. The maximum atomic E-state index is 12.0. The Labute approximate surface area is 101 Å². The Balaban J connectivity index is 2.34. The lowest BCUT2D eigenvalue weighted by Crippen LogP contribution is -2.48. The number of hydrogen-bond acceptors (Lipinski definition) is 2. The highest BCUT2D eigenvalue weighted by Gasteiger charge is 2.48. The molecular formula is C13H17N2O2. The van der Waals surface area contributed by atoms with E-state index < -0.39 is 5.66 Å². The van der Waals surface area contributed by atoms with Gasteiger partial charge in [-0.05, 0) is 32.3 Å². The van der Waals surface area contributed by atoms with Gasteiger partial charge in [-0.15, -0.1) is 0 Å². The van der Waals surface area contributed by atoms with Crippen LogP contribution in [0.25, 0.3) is 0 Å². The van der Waals surface area contributed by atoms with Gasteiger partial charge in [-0.2, -0.15) is 0 Å². The van der Waals surface area contributed by atoms with Crippen molar-refractivity contribution in [1.29, 1.82) is 0 Å². The number of carbonyl (C=O) groups excluding carboxylic acids is 2. The minimum Gasteiger partial charge on any atom is -0.331 e. The molecule has 0 unspecified atom stereocenters. The van der Waals surface area contributed by atoms with Crippen molar-refractivity contribution >= 4 is 11.8 Å². The van der Waals surface area contributed by atoms with Crippen LogP contribution < -0.4 is 5.32 Å². The summed E-state index contributed by atoms with van der Waals surface area (Å²) < 4.78 is 0. The maximum Gasteiger partial charge on any atom is 0.255 e. The second-order valence-electron chi connectivity index (χ2n) is 4.86. The molecule has 4 nitrogen and oxygen atoms in total. The average molecular weight is 233 g/mol. The number of allylic oxidation sites excluding steroid dienone is 3. The van der Waals surface area contributed by atoms with E-state index in [4.69, 9.17) is 0 Å². The van der Waals surface area contributed by atoms with Crippen molar-refractivity contribution in [2.24, 2.45) is 0 Å². The van der Waals surface area contributed by atoms with Crippen molar-refractivity contribution in [2.45, 2.75) is 39.3 Å². The van der Waals surface area contributed by atoms with Gasteiger partial charge in [0.1, 0.15) is 5.66 Å². The van der Waals surface area contributed by atoms with Crippen molar-refractivity contribution in [1.82, 2.24) is 10.2 Å². The van der Waals surface area contributed by atoms with Crippen LogP contribution in [-0.4, -0.2) is 22.4 Å². The summed E-state index contributed by atoms with van der Waals surface area (Å²) in [6, 6.07) is 0.506. The predicted molar refractivity (Wildman–Crippen MR) is 64.4 cm³/mol. The molecule has 4 heteroatoms. The predicted octanol–water partition coefficient (Wildman–Crippen LogP) is 1.51. The molecule has 0 aromatic rings. The van der Waals surface area contributed by atoms with E-state index in [1.165, 1.54) is 6.92 Å². The summed E-state index contributed by atoms with van der Waals surface area (Å²) in [6.07, 6.45) is 7.62. The Kier molecular flexibility index (Phi) is 2.81. The molecule has 1 aliphatic carbocycles. The molecule has 17 heavy (non-hydrogen) atoms. The van der Waals surface area contributed by atoms with Crippen LogP contribution in [-0.2, 0) is 9.59 Å². The minimum absolute atomic E-state index is 0.112. The van der Waals surface area contributed by atoms with Crippen LogP contribution in [0.3, 0.4) is 0 Å². The molecule has 2 aliphatic rings. The largest absolute Gasteiger partial charge is 0.331 e. The van der Waals surface area contributed by atoms with E-state index in [0.717, 1.165) is 12.0 Å². The van der Waals surface area contributed by atoms with E-state index in [2.05, 4.69) is 11.4 Å². The average Bonchev–Trinajstić information content (AvgIpc) is 2.49. The topological polar surface area (TPSA) is 49.4 Å². The van der Waals surface area contributed by atoms with Gasteiger partial charge >= 0.3 is 0 Å². The fraction of sp³-hybridized carbons (Fsp3) is 0.462. The number of nitrogens with one attached hydrogen (secondary N) is 1. The molecule has 1 aliphatic heterocycles. The first-order chi connectivity index (χ1) is 7.93. The van der Waals surface area contributed by atoms with Gasteiger partial charge in [-0.1, -0.05) is 18.2 Å². The molecule has 0 bridgehead atoms. The van der Waals surface area contributed by atoms with Crippen LogP contribution in [0.1, 0.15) is 33.6 Å². The summed E-state index contributed by atoms with van der Waals surface area (Å²) in [7, 11) is 0. The SMILES string of the molecule is CC(=O)N1[C](C2=CCC=CC2)C(=O)NC1(C)C. The zero-order valence-corrected chi connectivity index (χ0v) is 10.4. The second kappa shape index (κ2) is 4.02. The van der Waals surface area contributed by atoms with Gasteiger partial charge in [0.25, 0.3) is 5.91 Å². The maximum absolute atomic E-state index is 12.0. The fourth-order valence-corrected chi connectivity index (χ4v) is 2.41. The van der Waals surface area contributed by atoms with E-state index in [1.54, 1.807) is 4.90 Å². The van der Waals surface area contributed by atoms with Crippen molar-refractivity contribution in [3.05, 3.63) is 29.8 Å². The van der Waals surface area contributed by atoms with Crippen LogP contribution in [0, 0.1) is 6.04 Å². The van der Waals surface area contributed by atoms with E-state index >= 15 is 0 Å². The summed E-state index contributed by atoms with van der Waals surface area (Å²) >= 11 is 0. The summed E-state index contributed by atoms with van der Waals surface area (Å²) in [6.45, 7) is 5.15. The number of rotatable bonds is 1. The van der Waals surface area contributed by atoms with Crippen molar-refractivity contribution in [3.8, 4) is 0 Å². The van der Waals surface area contributed by atoms with Crippen LogP contribution in [0.2, 0.25) is 0 Å². The molecule has 1 saturated heterocycles. The van der Waals surface area contributed by atoms with Gasteiger partial charge in [0.15, 0.2) is 6.04 Å². The summed E-state index contributed by atoms with van der Waals surface area (Å²) in [5, 5.41) is 2.84. The Morgan fingerprint density at radius 1 is 1.41 bits per heavy atom. The monoisotopic (exact) mass is 233 g/mol. The van der Waals surface area contributed by atoms with Crippen molar-refractivity contribution < 1.29 is 9.59 Å². The molecule has 0 saturated carbocycles. The standard InChI is InChI=1S/C13H17N2O2/c1-9(16)15-11(10-7-5-4-6-8-10)12(17)14-13(15,2)3/h4-5,8H,6-7H2,1-3H3,(H,14,17). The number of nitrogens with zero attached hydrogens (tertiary/aromatic N) is 1. The van der Waals surface area contributed by atoms with Gasteiger partial charge in [-0.25, -0.2) is 0 Å². The molecule has 1 heterocycles. The Morgan fingerprint density at radius 3 is 2.65 bits per heavy atom. The molecule has 2 rings (SSSR count). The van der Waals surface area contributed by atoms with Crippen LogP contribution in [0.5, 0.6) is 0 Å². The first kappa shape index (κ1) is 11.9. The fourth-order valence-electron chi connectivity index (χ4n) is 2.41. The molecule has 0 aromatic heterocycles. The third kappa shape index (κ3) is 1.99. The molecule has 0 atom stereocenters. The van der Waals surface area contributed by atoms with Gasteiger partial charge in [-0.3, -0.25) is 14.5 Å². The van der Waals surface area contributed by atoms with E-state index in [0.29, 0.717) is 12.5 Å². The van der Waals surface area contributed by atoms with E-state index in [9.17, 15) is 9.59 Å². The number of carbonyl (C=O) groups is 2. The molecule has 2 amide bonds. The third-order valence-corrected chi connectivity index (χ3v) is 3.04. The highest BCUT2D eigenvalue weighted by atomic mass is 16.2. The Morgan fingerprint density at radius 2 is 2.12 bits per heavy atom. The smallest absolute Gasteiger partial charge is 0.255 e. The van der Waals surface area contributed by atoms with Gasteiger partial charge in [0, 0.05) is 6.92 Å². The molecular weight excluding hydrogens is 216 g/mol. The molecule has 1 fully saturated rings. The lowest BCUT2D eigenvalue weighted by atomic mass is 9.97. The molecule has 0 aromatic carbocycles. The van der Waals surface area contributed by atoms with Gasteiger partial charge in [0.05, 0.1) is 0 Å². The quantitative estimate of drug-likeness (QED) is 0.698. The second-order valence-corrected chi connectivity index (χ2v) is 4.86. The zero-order chi connectivity index (χ0) is 12.6. The van der Waals surface area contributed by atoms with Gasteiger partial charge in [0.2, 0.25) is 5.91 Å². The summed E-state index contributed by atoms with van der Waals surface area (Å²) in [4.78, 5) is 25.3. The minimum atomic E-state index is -0.639. The van der Waals surface area contributed by atoms with Crippen LogP contribution in [0.15, 0.2) is 23.8 Å². The van der Waals surface area contributed by atoms with Crippen LogP contribution >= 0.6 is 0 Å². The highest BCUT2D eigenvalue weighted by molar-refractivity contribution is 6.01. The number of hydrogen-bond donors (Lipinski definition) is 1. The van der Waals surface area contributed by atoms with Crippen LogP contribution in [0.4, 0.5) is 0 Å². The summed E-state index contributed by atoms with van der Waals surface area (Å²) in [5.41, 5.74) is 0.297. The first-order valence-electron chi connectivity index (χ1n) is 5.78. The third-order valence-electron chi connectivity index (χ3n) is 3.04. The molecule has 91 valence electrons. The van der Waals surface area contributed by atoms with E-state index in [-0.39, 0.29) is 11.8 Å². The lowest BCUT2D eigenvalue weighted by molar-refractivity contribution is -0.132. The van der Waals surface area contributed by atoms with Crippen molar-refractivity contribution in [3.63, 3.8) is 0 Å². The van der Waals surface area contributed by atoms with E-state index in [1.807, 2.05) is 26.0 Å². The summed E-state index contributed by atoms with van der Waals surface area (Å²) in [5.74, 6) is -0.273. The number of amides is 2. The zero-order valence-electron chi connectivity index (χ0n) is 10.4. The highest BCUT2D eigenvalue weighted by Crippen LogP contribution is 2.35. The molecule has 1 N–H and O–H groups in total. The van der Waals surface area contributed by atoms with Gasteiger partial charge < -0.3 is 5.32 Å².